The largest absolute Gasteiger partial charge is 0.466 e. The lowest BCUT2D eigenvalue weighted by atomic mass is 10.1. The molecular weight excluding hydrogens is 536 g/mol. The van der Waals surface area contributed by atoms with Gasteiger partial charge in [-0.1, -0.05) is 155 Å². The second-order valence-electron chi connectivity index (χ2n) is 12.7. The third kappa shape index (κ3) is 33.6. The molecule has 0 bridgehead atoms. The number of esters is 2. The van der Waals surface area contributed by atoms with Gasteiger partial charge in [0, 0.05) is 13.1 Å². The second kappa shape index (κ2) is 35.3. The van der Waals surface area contributed by atoms with Gasteiger partial charge in [0.1, 0.15) is 0 Å². The molecule has 6 heteroatoms. The summed E-state index contributed by atoms with van der Waals surface area (Å²) in [5.74, 6) is -0.286. The van der Waals surface area contributed by atoms with Gasteiger partial charge >= 0.3 is 11.9 Å². The number of unbranched alkanes of at least 4 members (excludes halogenated alkanes) is 22. The lowest BCUT2D eigenvalue weighted by Gasteiger charge is -2.21. The van der Waals surface area contributed by atoms with Crippen molar-refractivity contribution in [2.24, 2.45) is 5.73 Å². The fourth-order valence-electron chi connectivity index (χ4n) is 5.55. The van der Waals surface area contributed by atoms with Gasteiger partial charge in [0.15, 0.2) is 0 Å². The van der Waals surface area contributed by atoms with Crippen LogP contribution in [0.15, 0.2) is 0 Å². The second-order valence-corrected chi connectivity index (χ2v) is 12.7. The Bertz CT molecular complexity index is 541. The average Bonchev–Trinajstić information content (AvgIpc) is 3.01. The van der Waals surface area contributed by atoms with Crippen LogP contribution in [0.3, 0.4) is 0 Å². The van der Waals surface area contributed by atoms with Crippen molar-refractivity contribution in [3.8, 4) is 0 Å². The Morgan fingerprint density at radius 1 is 0.442 bits per heavy atom. The van der Waals surface area contributed by atoms with Crippen LogP contribution in [0, 0.1) is 0 Å². The summed E-state index contributed by atoms with van der Waals surface area (Å²) in [5, 5.41) is 0. The molecule has 0 aliphatic rings. The number of hydrogen-bond donors (Lipinski definition) is 1. The highest BCUT2D eigenvalue weighted by Gasteiger charge is 2.12. The van der Waals surface area contributed by atoms with Gasteiger partial charge in [-0.25, -0.2) is 0 Å². The Morgan fingerprint density at radius 2 is 0.744 bits per heavy atom. The molecule has 0 aliphatic heterocycles. The summed E-state index contributed by atoms with van der Waals surface area (Å²) in [6.07, 6.45) is 32.7. The van der Waals surface area contributed by atoms with E-state index in [1.807, 2.05) is 0 Å². The van der Waals surface area contributed by atoms with E-state index in [2.05, 4.69) is 18.7 Å². The molecule has 0 saturated carbocycles. The number of ether oxygens (including phenoxy) is 2. The third-order valence-corrected chi connectivity index (χ3v) is 8.46. The monoisotopic (exact) mass is 611 g/mol. The smallest absolute Gasteiger partial charge is 0.307 e. The van der Waals surface area contributed by atoms with Gasteiger partial charge < -0.3 is 20.1 Å². The number of carbonyl (C=O) groups excluding carboxylic acids is 2. The molecule has 6 nitrogen and oxygen atoms in total. The van der Waals surface area contributed by atoms with Crippen LogP contribution in [-0.2, 0) is 19.1 Å². The molecule has 0 heterocycles. The summed E-state index contributed by atoms with van der Waals surface area (Å²) >= 11 is 0. The standard InChI is InChI=1S/C37H74N2O4/c1-3-5-7-9-11-13-15-17-19-21-23-25-34-42-36(40)28-32-39(31-27-30-38)33-29-37(41)43-35-26-24-22-20-18-16-14-12-10-8-6-4-2/h3-35,38H2,1-2H3. The normalized spacial score (nSPS) is 11.3. The molecule has 43 heavy (non-hydrogen) atoms. The van der Waals surface area contributed by atoms with Gasteiger partial charge in [0.05, 0.1) is 26.1 Å². The van der Waals surface area contributed by atoms with Crippen LogP contribution in [-0.4, -0.2) is 56.2 Å². The first kappa shape index (κ1) is 41.9. The van der Waals surface area contributed by atoms with E-state index >= 15 is 0 Å². The van der Waals surface area contributed by atoms with E-state index in [0.717, 1.165) is 38.6 Å². The van der Waals surface area contributed by atoms with Crippen LogP contribution in [0.25, 0.3) is 0 Å². The first-order valence-corrected chi connectivity index (χ1v) is 18.9. The SMILES string of the molecule is CCCCCCCCCCCCCCOC(=O)CCN(CCCN)CCC(=O)OCCCCCCCCCCCCCC. The number of nitrogens with two attached hydrogens (primary N) is 1. The minimum absolute atomic E-state index is 0.143. The highest BCUT2D eigenvalue weighted by molar-refractivity contribution is 5.70. The molecule has 0 fully saturated rings. The predicted octanol–water partition coefficient (Wildman–Crippen LogP) is 9.91. The quantitative estimate of drug-likeness (QED) is 0.0568. The summed E-state index contributed by atoms with van der Waals surface area (Å²) in [7, 11) is 0. The van der Waals surface area contributed by atoms with Crippen molar-refractivity contribution in [3.63, 3.8) is 0 Å². The molecule has 0 aromatic heterocycles. The van der Waals surface area contributed by atoms with E-state index in [4.69, 9.17) is 15.2 Å². The fourth-order valence-corrected chi connectivity index (χ4v) is 5.55. The lowest BCUT2D eigenvalue weighted by molar-refractivity contribution is -0.144. The minimum atomic E-state index is -0.143. The van der Waals surface area contributed by atoms with Gasteiger partial charge in [-0.3, -0.25) is 9.59 Å². The molecule has 256 valence electrons. The molecule has 0 aromatic carbocycles. The molecule has 0 aliphatic carbocycles. The maximum Gasteiger partial charge on any atom is 0.307 e. The first-order chi connectivity index (χ1) is 21.1. The van der Waals surface area contributed by atoms with E-state index in [1.165, 1.54) is 128 Å². The Labute approximate surface area is 268 Å². The molecule has 0 radical (unpaired) electrons. The van der Waals surface area contributed by atoms with Gasteiger partial charge in [-0.05, 0) is 32.4 Å². The van der Waals surface area contributed by atoms with Gasteiger partial charge in [0.2, 0.25) is 0 Å². The number of carbonyl (C=O) groups is 2. The van der Waals surface area contributed by atoms with Crippen LogP contribution < -0.4 is 5.73 Å². The molecule has 0 aromatic rings. The van der Waals surface area contributed by atoms with E-state index in [9.17, 15) is 9.59 Å². The highest BCUT2D eigenvalue weighted by Crippen LogP contribution is 2.13. The Morgan fingerprint density at radius 3 is 1.05 bits per heavy atom. The highest BCUT2D eigenvalue weighted by atomic mass is 16.5. The summed E-state index contributed by atoms with van der Waals surface area (Å²) < 4.78 is 10.9. The first-order valence-electron chi connectivity index (χ1n) is 18.9. The van der Waals surface area contributed by atoms with Crippen molar-refractivity contribution >= 4 is 11.9 Å². The molecular formula is C37H74N2O4. The van der Waals surface area contributed by atoms with Crippen molar-refractivity contribution in [2.75, 3.05) is 39.4 Å². The molecule has 0 unspecified atom stereocenters. The number of hydrogen-bond acceptors (Lipinski definition) is 6. The Kier molecular flexibility index (Phi) is 34.4. The van der Waals surface area contributed by atoms with Crippen LogP contribution in [0.4, 0.5) is 0 Å². The Balaban J connectivity index is 3.71. The fraction of sp³-hybridized carbons (Fsp3) is 0.946. The molecule has 0 atom stereocenters. The number of nitrogens with zero attached hydrogens (tertiary/aromatic N) is 1. The average molecular weight is 611 g/mol. The summed E-state index contributed by atoms with van der Waals surface area (Å²) in [4.78, 5) is 26.6. The maximum atomic E-state index is 12.2. The molecule has 0 rings (SSSR count). The van der Waals surface area contributed by atoms with Crippen LogP contribution in [0.5, 0.6) is 0 Å². The van der Waals surface area contributed by atoms with Gasteiger partial charge in [0.25, 0.3) is 0 Å². The Hall–Kier alpha value is -1.14. The van der Waals surface area contributed by atoms with Crippen molar-refractivity contribution in [1.82, 2.24) is 4.90 Å². The maximum absolute atomic E-state index is 12.2. The minimum Gasteiger partial charge on any atom is -0.466 e. The van der Waals surface area contributed by atoms with Crippen LogP contribution in [0.1, 0.15) is 187 Å². The van der Waals surface area contributed by atoms with Crippen LogP contribution >= 0.6 is 0 Å². The summed E-state index contributed by atoms with van der Waals surface area (Å²) in [6.45, 7) is 8.16. The summed E-state index contributed by atoms with van der Waals surface area (Å²) in [5.41, 5.74) is 5.70. The van der Waals surface area contributed by atoms with E-state index in [0.29, 0.717) is 45.7 Å². The zero-order chi connectivity index (χ0) is 31.5. The van der Waals surface area contributed by atoms with Crippen LogP contribution in [0.2, 0.25) is 0 Å². The zero-order valence-electron chi connectivity index (χ0n) is 29.0. The zero-order valence-corrected chi connectivity index (χ0v) is 29.0. The summed E-state index contributed by atoms with van der Waals surface area (Å²) in [6, 6.07) is 0. The van der Waals surface area contributed by atoms with E-state index in [1.54, 1.807) is 0 Å². The van der Waals surface area contributed by atoms with Crippen molar-refractivity contribution in [1.29, 1.82) is 0 Å². The molecule has 0 spiro atoms. The predicted molar refractivity (Wildman–Crippen MR) is 183 cm³/mol. The van der Waals surface area contributed by atoms with Crippen molar-refractivity contribution in [3.05, 3.63) is 0 Å². The van der Waals surface area contributed by atoms with Crippen molar-refractivity contribution < 1.29 is 19.1 Å². The topological polar surface area (TPSA) is 81.9 Å². The van der Waals surface area contributed by atoms with Gasteiger partial charge in [-0.15, -0.1) is 0 Å². The number of rotatable bonds is 35. The van der Waals surface area contributed by atoms with E-state index < -0.39 is 0 Å². The molecule has 0 amide bonds. The lowest BCUT2D eigenvalue weighted by Crippen LogP contribution is -2.31. The van der Waals surface area contributed by atoms with Gasteiger partial charge in [-0.2, -0.15) is 0 Å². The van der Waals surface area contributed by atoms with E-state index in [-0.39, 0.29) is 11.9 Å². The van der Waals surface area contributed by atoms with Crippen molar-refractivity contribution in [2.45, 2.75) is 187 Å². The third-order valence-electron chi connectivity index (χ3n) is 8.46. The molecule has 0 saturated heterocycles. The molecule has 2 N–H and O–H groups in total.